The third kappa shape index (κ3) is 3.01. The Morgan fingerprint density at radius 2 is 1.83 bits per heavy atom. The number of nitrogens with one attached hydrogen (secondary N) is 1. The van der Waals surface area contributed by atoms with Gasteiger partial charge >= 0.3 is 0 Å². The first kappa shape index (κ1) is 11.1. The van der Waals surface area contributed by atoms with Gasteiger partial charge in [-0.15, -0.1) is 12.4 Å². The maximum absolute atomic E-state index is 9.30. The second-order valence-corrected chi connectivity index (χ2v) is 2.82. The SMILES string of the molecule is CC(C)Nc1ccccc1O.Cl. The Morgan fingerprint density at radius 1 is 1.25 bits per heavy atom. The molecule has 1 aromatic rings. The van der Waals surface area contributed by atoms with Crippen LogP contribution in [0.3, 0.4) is 0 Å². The van der Waals surface area contributed by atoms with Crippen molar-refractivity contribution < 1.29 is 5.11 Å². The quantitative estimate of drug-likeness (QED) is 0.698. The van der Waals surface area contributed by atoms with Crippen LogP contribution in [-0.4, -0.2) is 11.1 Å². The molecule has 2 N–H and O–H groups in total. The van der Waals surface area contributed by atoms with Crippen LogP contribution in [0.5, 0.6) is 5.75 Å². The van der Waals surface area contributed by atoms with Gasteiger partial charge < -0.3 is 10.4 Å². The van der Waals surface area contributed by atoms with E-state index in [0.29, 0.717) is 11.8 Å². The van der Waals surface area contributed by atoms with Gasteiger partial charge in [-0.2, -0.15) is 0 Å². The highest BCUT2D eigenvalue weighted by Gasteiger charge is 1.98. The zero-order chi connectivity index (χ0) is 8.27. The highest BCUT2D eigenvalue weighted by atomic mass is 35.5. The van der Waals surface area contributed by atoms with Gasteiger partial charge in [0.2, 0.25) is 0 Å². The number of hydrogen-bond donors (Lipinski definition) is 2. The van der Waals surface area contributed by atoms with E-state index in [0.717, 1.165) is 5.69 Å². The van der Waals surface area contributed by atoms with Crippen LogP contribution in [0.4, 0.5) is 5.69 Å². The Morgan fingerprint density at radius 3 is 2.33 bits per heavy atom. The summed E-state index contributed by atoms with van der Waals surface area (Å²) in [4.78, 5) is 0. The molecule has 0 aliphatic heterocycles. The second-order valence-electron chi connectivity index (χ2n) is 2.82. The van der Waals surface area contributed by atoms with Crippen LogP contribution >= 0.6 is 12.4 Å². The summed E-state index contributed by atoms with van der Waals surface area (Å²) in [5.74, 6) is 0.307. The number of halogens is 1. The minimum atomic E-state index is 0. The monoisotopic (exact) mass is 187 g/mol. The molecule has 0 bridgehead atoms. The van der Waals surface area contributed by atoms with Gasteiger partial charge in [-0.3, -0.25) is 0 Å². The van der Waals surface area contributed by atoms with Crippen LogP contribution < -0.4 is 5.32 Å². The first-order chi connectivity index (χ1) is 5.20. The topological polar surface area (TPSA) is 32.3 Å². The Balaban J connectivity index is 0.00000121. The van der Waals surface area contributed by atoms with Crippen LogP contribution in [0.25, 0.3) is 0 Å². The number of phenolic OH excluding ortho intramolecular Hbond substituents is 1. The molecule has 68 valence electrons. The third-order valence-electron chi connectivity index (χ3n) is 1.35. The summed E-state index contributed by atoms with van der Waals surface area (Å²) in [5.41, 5.74) is 0.794. The molecule has 2 nitrogen and oxygen atoms in total. The molecule has 0 atom stereocenters. The summed E-state index contributed by atoms with van der Waals surface area (Å²) >= 11 is 0. The van der Waals surface area contributed by atoms with Crippen molar-refractivity contribution in [2.24, 2.45) is 0 Å². The van der Waals surface area contributed by atoms with Crippen LogP contribution in [0.1, 0.15) is 13.8 Å². The highest BCUT2D eigenvalue weighted by molar-refractivity contribution is 5.85. The summed E-state index contributed by atoms with van der Waals surface area (Å²) in [6.45, 7) is 4.07. The molecule has 0 radical (unpaired) electrons. The first-order valence-corrected chi connectivity index (χ1v) is 3.74. The molecule has 0 unspecified atom stereocenters. The lowest BCUT2D eigenvalue weighted by Gasteiger charge is -2.10. The van der Waals surface area contributed by atoms with E-state index in [-0.39, 0.29) is 12.4 Å². The smallest absolute Gasteiger partial charge is 0.138 e. The largest absolute Gasteiger partial charge is 0.506 e. The van der Waals surface area contributed by atoms with Crippen molar-refractivity contribution in [2.45, 2.75) is 19.9 Å². The fraction of sp³-hybridized carbons (Fsp3) is 0.333. The zero-order valence-electron chi connectivity index (χ0n) is 7.24. The molecule has 3 heteroatoms. The fourth-order valence-corrected chi connectivity index (χ4v) is 0.907. The van der Waals surface area contributed by atoms with E-state index in [4.69, 9.17) is 0 Å². The van der Waals surface area contributed by atoms with Gasteiger partial charge in [0.15, 0.2) is 0 Å². The molecule has 0 saturated carbocycles. The molecule has 0 heterocycles. The predicted molar refractivity (Wildman–Crippen MR) is 54.1 cm³/mol. The zero-order valence-corrected chi connectivity index (χ0v) is 8.06. The maximum atomic E-state index is 9.30. The Hall–Kier alpha value is -0.890. The number of aromatic hydroxyl groups is 1. The molecule has 1 rings (SSSR count). The molecule has 0 aliphatic rings. The summed E-state index contributed by atoms with van der Waals surface area (Å²) in [7, 11) is 0. The van der Waals surface area contributed by atoms with E-state index in [1.54, 1.807) is 12.1 Å². The first-order valence-electron chi connectivity index (χ1n) is 3.74. The van der Waals surface area contributed by atoms with Crippen LogP contribution in [-0.2, 0) is 0 Å². The predicted octanol–water partition coefficient (Wildman–Crippen LogP) is 2.63. The minimum Gasteiger partial charge on any atom is -0.506 e. The van der Waals surface area contributed by atoms with Crippen LogP contribution in [0.2, 0.25) is 0 Å². The van der Waals surface area contributed by atoms with E-state index in [9.17, 15) is 5.11 Å². The molecule has 1 aromatic carbocycles. The van der Waals surface area contributed by atoms with Crippen molar-refractivity contribution in [1.29, 1.82) is 0 Å². The van der Waals surface area contributed by atoms with Crippen molar-refractivity contribution in [3.63, 3.8) is 0 Å². The lowest BCUT2D eigenvalue weighted by atomic mass is 10.2. The molecule has 0 saturated heterocycles. The third-order valence-corrected chi connectivity index (χ3v) is 1.35. The molecule has 0 aliphatic carbocycles. The van der Waals surface area contributed by atoms with E-state index in [1.807, 2.05) is 26.0 Å². The summed E-state index contributed by atoms with van der Waals surface area (Å²) < 4.78 is 0. The standard InChI is InChI=1S/C9H13NO.ClH/c1-7(2)10-8-5-3-4-6-9(8)11;/h3-7,10-11H,1-2H3;1H. The maximum Gasteiger partial charge on any atom is 0.138 e. The summed E-state index contributed by atoms with van der Waals surface area (Å²) in [6, 6.07) is 7.58. The van der Waals surface area contributed by atoms with Crippen LogP contribution in [0, 0.1) is 0 Å². The molecule has 0 fully saturated rings. The van der Waals surface area contributed by atoms with Crippen molar-refractivity contribution in [2.75, 3.05) is 5.32 Å². The molecule has 12 heavy (non-hydrogen) atoms. The molecule has 0 amide bonds. The normalized spacial score (nSPS) is 9.25. The van der Waals surface area contributed by atoms with E-state index in [2.05, 4.69) is 5.32 Å². The van der Waals surface area contributed by atoms with E-state index >= 15 is 0 Å². The Kier molecular flexibility index (Phi) is 4.52. The van der Waals surface area contributed by atoms with Crippen molar-refractivity contribution >= 4 is 18.1 Å². The average Bonchev–Trinajstić information content (AvgIpc) is 1.93. The van der Waals surface area contributed by atoms with Gasteiger partial charge in [0.05, 0.1) is 5.69 Å². The van der Waals surface area contributed by atoms with Gasteiger partial charge in [-0.1, -0.05) is 12.1 Å². The minimum absolute atomic E-state index is 0. The number of hydrogen-bond acceptors (Lipinski definition) is 2. The van der Waals surface area contributed by atoms with Gasteiger partial charge in [0, 0.05) is 6.04 Å². The van der Waals surface area contributed by atoms with Gasteiger partial charge in [0.25, 0.3) is 0 Å². The van der Waals surface area contributed by atoms with Crippen molar-refractivity contribution in [3.05, 3.63) is 24.3 Å². The van der Waals surface area contributed by atoms with Gasteiger partial charge in [-0.25, -0.2) is 0 Å². The molecular formula is C9H14ClNO. The Labute approximate surface area is 79.0 Å². The molecule has 0 aromatic heterocycles. The summed E-state index contributed by atoms with van der Waals surface area (Å²) in [6.07, 6.45) is 0. The van der Waals surface area contributed by atoms with Crippen molar-refractivity contribution in [3.8, 4) is 5.75 Å². The lowest BCUT2D eigenvalue weighted by molar-refractivity contribution is 0.476. The molecular weight excluding hydrogens is 174 g/mol. The van der Waals surface area contributed by atoms with Gasteiger partial charge in [-0.05, 0) is 26.0 Å². The lowest BCUT2D eigenvalue weighted by Crippen LogP contribution is -2.09. The fourth-order valence-electron chi connectivity index (χ4n) is 0.907. The second kappa shape index (κ2) is 4.88. The number of anilines is 1. The summed E-state index contributed by atoms with van der Waals surface area (Å²) in [5, 5.41) is 12.4. The molecule has 0 spiro atoms. The number of para-hydroxylation sites is 2. The van der Waals surface area contributed by atoms with E-state index in [1.165, 1.54) is 0 Å². The highest BCUT2D eigenvalue weighted by Crippen LogP contribution is 2.21. The van der Waals surface area contributed by atoms with Crippen LogP contribution in [0.15, 0.2) is 24.3 Å². The van der Waals surface area contributed by atoms with E-state index < -0.39 is 0 Å². The van der Waals surface area contributed by atoms with Gasteiger partial charge in [0.1, 0.15) is 5.75 Å². The number of rotatable bonds is 2. The number of phenols is 1. The average molecular weight is 188 g/mol. The number of benzene rings is 1. The Bertz CT molecular complexity index is 238. The van der Waals surface area contributed by atoms with Crippen molar-refractivity contribution in [1.82, 2.24) is 0 Å².